The normalized spacial score (nSPS) is 10.9. The summed E-state index contributed by atoms with van der Waals surface area (Å²) in [7, 11) is 0. The number of carbonyl (C=O) groups excluding carboxylic acids is 2. The van der Waals surface area contributed by atoms with Gasteiger partial charge in [0.05, 0.1) is 0 Å². The van der Waals surface area contributed by atoms with Gasteiger partial charge >= 0.3 is 5.97 Å². The predicted octanol–water partition coefficient (Wildman–Crippen LogP) is 0.599. The van der Waals surface area contributed by atoms with Crippen molar-refractivity contribution in [1.29, 1.82) is 0 Å². The fourth-order valence-electron chi connectivity index (χ4n) is 1.26. The molecule has 0 atom stereocenters. The predicted molar refractivity (Wildman–Crippen MR) is 71.3 cm³/mol. The molecule has 0 aliphatic carbocycles. The van der Waals surface area contributed by atoms with Crippen LogP contribution in [0, 0.1) is 5.41 Å². The third-order valence-corrected chi connectivity index (χ3v) is 2.39. The summed E-state index contributed by atoms with van der Waals surface area (Å²) >= 11 is 0. The number of hydrogen-bond donors (Lipinski definition) is 4. The topological polar surface area (TPSA) is 124 Å². The van der Waals surface area contributed by atoms with E-state index in [4.69, 9.17) is 5.11 Å². The Kier molecular flexibility index (Phi) is 4.84. The Morgan fingerprint density at radius 3 is 2.50 bits per heavy atom. The number of anilines is 1. The maximum Gasteiger partial charge on any atom is 0.353 e. The zero-order chi connectivity index (χ0) is 15.3. The SMILES string of the molecule is CC(C)(C)C(=O)NCCC(=O)Nc1cc(C(=O)O)[nH]n1. The molecule has 1 aromatic rings. The number of carboxylic acids is 1. The van der Waals surface area contributed by atoms with Crippen molar-refractivity contribution >= 4 is 23.6 Å². The number of aromatic amines is 1. The maximum atomic E-state index is 11.6. The van der Waals surface area contributed by atoms with Crippen LogP contribution in [0.1, 0.15) is 37.7 Å². The third kappa shape index (κ3) is 4.71. The lowest BCUT2D eigenvalue weighted by molar-refractivity contribution is -0.128. The van der Waals surface area contributed by atoms with Crippen molar-refractivity contribution in [2.24, 2.45) is 5.41 Å². The van der Waals surface area contributed by atoms with E-state index in [0.717, 1.165) is 0 Å². The van der Waals surface area contributed by atoms with E-state index >= 15 is 0 Å². The van der Waals surface area contributed by atoms with Crippen molar-refractivity contribution in [1.82, 2.24) is 15.5 Å². The van der Waals surface area contributed by atoms with Gasteiger partial charge in [0.1, 0.15) is 5.69 Å². The van der Waals surface area contributed by atoms with Gasteiger partial charge < -0.3 is 15.7 Å². The Hall–Kier alpha value is -2.38. The van der Waals surface area contributed by atoms with Gasteiger partial charge in [-0.1, -0.05) is 20.8 Å². The summed E-state index contributed by atoms with van der Waals surface area (Å²) in [4.78, 5) is 33.7. The molecule has 1 aromatic heterocycles. The number of aromatic nitrogens is 2. The largest absolute Gasteiger partial charge is 0.477 e. The van der Waals surface area contributed by atoms with E-state index in [1.54, 1.807) is 20.8 Å². The molecule has 1 rings (SSSR count). The van der Waals surface area contributed by atoms with E-state index in [-0.39, 0.29) is 36.3 Å². The molecular formula is C12H18N4O4. The number of H-pyrrole nitrogens is 1. The second-order valence-electron chi connectivity index (χ2n) is 5.28. The van der Waals surface area contributed by atoms with Crippen LogP contribution < -0.4 is 10.6 Å². The van der Waals surface area contributed by atoms with Gasteiger partial charge in [-0.25, -0.2) is 4.79 Å². The van der Waals surface area contributed by atoms with Crippen molar-refractivity contribution in [3.8, 4) is 0 Å². The number of aromatic carboxylic acids is 1. The number of hydrogen-bond acceptors (Lipinski definition) is 4. The van der Waals surface area contributed by atoms with Gasteiger partial charge in [-0.3, -0.25) is 14.7 Å². The zero-order valence-electron chi connectivity index (χ0n) is 11.6. The van der Waals surface area contributed by atoms with Crippen LogP contribution in [0.15, 0.2) is 6.07 Å². The molecular weight excluding hydrogens is 264 g/mol. The van der Waals surface area contributed by atoms with E-state index in [1.807, 2.05) is 0 Å². The fraction of sp³-hybridized carbons (Fsp3) is 0.500. The van der Waals surface area contributed by atoms with Gasteiger partial charge in [0.15, 0.2) is 5.82 Å². The maximum absolute atomic E-state index is 11.6. The Bertz CT molecular complexity index is 516. The molecule has 2 amide bonds. The Labute approximate surface area is 115 Å². The molecule has 1 heterocycles. The average molecular weight is 282 g/mol. The Morgan fingerprint density at radius 1 is 1.35 bits per heavy atom. The minimum absolute atomic E-state index is 0.0804. The minimum atomic E-state index is -1.16. The van der Waals surface area contributed by atoms with Crippen LogP contribution in [0.5, 0.6) is 0 Å². The molecule has 8 nitrogen and oxygen atoms in total. The monoisotopic (exact) mass is 282 g/mol. The first-order valence-corrected chi connectivity index (χ1v) is 6.07. The molecule has 110 valence electrons. The van der Waals surface area contributed by atoms with Gasteiger partial charge in [-0.2, -0.15) is 5.10 Å². The van der Waals surface area contributed by atoms with E-state index in [0.29, 0.717) is 0 Å². The highest BCUT2D eigenvalue weighted by atomic mass is 16.4. The van der Waals surface area contributed by atoms with Crippen molar-refractivity contribution in [2.45, 2.75) is 27.2 Å². The number of nitrogens with zero attached hydrogens (tertiary/aromatic N) is 1. The highest BCUT2D eigenvalue weighted by Crippen LogP contribution is 2.12. The van der Waals surface area contributed by atoms with Gasteiger partial charge in [-0.05, 0) is 0 Å². The summed E-state index contributed by atoms with van der Waals surface area (Å²) in [6.45, 7) is 5.54. The molecule has 0 aromatic carbocycles. The van der Waals surface area contributed by atoms with Crippen molar-refractivity contribution in [3.05, 3.63) is 11.8 Å². The van der Waals surface area contributed by atoms with Crippen LogP contribution in [-0.2, 0) is 9.59 Å². The summed E-state index contributed by atoms with van der Waals surface area (Å²) in [5.41, 5.74) is -0.615. The zero-order valence-corrected chi connectivity index (χ0v) is 11.6. The molecule has 0 bridgehead atoms. The molecule has 8 heteroatoms. The van der Waals surface area contributed by atoms with Crippen molar-refractivity contribution in [2.75, 3.05) is 11.9 Å². The number of carbonyl (C=O) groups is 3. The van der Waals surface area contributed by atoms with Crippen LogP contribution >= 0.6 is 0 Å². The van der Waals surface area contributed by atoms with Crippen LogP contribution in [-0.4, -0.2) is 39.6 Å². The molecule has 0 aliphatic heterocycles. The number of amides is 2. The fourth-order valence-corrected chi connectivity index (χ4v) is 1.26. The summed E-state index contributed by atoms with van der Waals surface area (Å²) in [5, 5.41) is 19.7. The highest BCUT2D eigenvalue weighted by Gasteiger charge is 2.20. The van der Waals surface area contributed by atoms with Crippen molar-refractivity contribution in [3.63, 3.8) is 0 Å². The number of rotatable bonds is 5. The summed E-state index contributed by atoms with van der Waals surface area (Å²) in [6, 6.07) is 1.22. The molecule has 0 fully saturated rings. The van der Waals surface area contributed by atoms with E-state index in [9.17, 15) is 14.4 Å². The first kappa shape index (κ1) is 15.7. The summed E-state index contributed by atoms with van der Waals surface area (Å²) in [5.74, 6) is -1.52. The second-order valence-corrected chi connectivity index (χ2v) is 5.28. The van der Waals surface area contributed by atoms with E-state index in [1.165, 1.54) is 6.07 Å². The third-order valence-electron chi connectivity index (χ3n) is 2.39. The Morgan fingerprint density at radius 2 is 2.00 bits per heavy atom. The van der Waals surface area contributed by atoms with Crippen LogP contribution in [0.25, 0.3) is 0 Å². The average Bonchev–Trinajstić information content (AvgIpc) is 2.76. The summed E-state index contributed by atoms with van der Waals surface area (Å²) < 4.78 is 0. The van der Waals surface area contributed by atoms with Gasteiger partial charge in [0.25, 0.3) is 0 Å². The van der Waals surface area contributed by atoms with Crippen LogP contribution in [0.3, 0.4) is 0 Å². The lowest BCUT2D eigenvalue weighted by Gasteiger charge is -2.17. The smallest absolute Gasteiger partial charge is 0.353 e. The van der Waals surface area contributed by atoms with Crippen LogP contribution in [0.2, 0.25) is 0 Å². The number of nitrogens with one attached hydrogen (secondary N) is 3. The first-order chi connectivity index (χ1) is 9.20. The molecule has 4 N–H and O–H groups in total. The molecule has 0 saturated carbocycles. The number of carboxylic acid groups (broad SMARTS) is 1. The second kappa shape index (κ2) is 6.18. The highest BCUT2D eigenvalue weighted by molar-refractivity contribution is 5.92. The molecule has 0 aliphatic rings. The standard InChI is InChI=1S/C12H18N4O4/c1-12(2,3)11(20)13-5-4-9(17)14-8-6-7(10(18)19)15-16-8/h6H,4-5H2,1-3H3,(H,13,20)(H,18,19)(H2,14,15,16,17). The molecule has 0 spiro atoms. The summed E-state index contributed by atoms with van der Waals surface area (Å²) in [6.07, 6.45) is 0.0804. The lowest BCUT2D eigenvalue weighted by Crippen LogP contribution is -2.36. The molecule has 0 unspecified atom stereocenters. The quantitative estimate of drug-likeness (QED) is 0.629. The van der Waals surface area contributed by atoms with E-state index in [2.05, 4.69) is 20.8 Å². The van der Waals surface area contributed by atoms with Crippen molar-refractivity contribution < 1.29 is 19.5 Å². The minimum Gasteiger partial charge on any atom is -0.477 e. The van der Waals surface area contributed by atoms with Gasteiger partial charge in [-0.15, -0.1) is 0 Å². The van der Waals surface area contributed by atoms with Crippen LogP contribution in [0.4, 0.5) is 5.82 Å². The lowest BCUT2D eigenvalue weighted by atomic mass is 9.96. The molecule has 0 saturated heterocycles. The van der Waals surface area contributed by atoms with Gasteiger partial charge in [0.2, 0.25) is 11.8 Å². The Balaban J connectivity index is 2.37. The van der Waals surface area contributed by atoms with Gasteiger partial charge in [0, 0.05) is 24.4 Å². The molecule has 20 heavy (non-hydrogen) atoms. The van der Waals surface area contributed by atoms with E-state index < -0.39 is 11.4 Å². The first-order valence-electron chi connectivity index (χ1n) is 6.07. The molecule has 0 radical (unpaired) electrons.